The minimum absolute atomic E-state index is 0.249. The lowest BCUT2D eigenvalue weighted by Crippen LogP contribution is -2.23. The Hall–Kier alpha value is -2.83. The van der Waals surface area contributed by atoms with Crippen LogP contribution in [-0.2, 0) is 20.7 Å². The topological polar surface area (TPSA) is 100 Å². The van der Waals surface area contributed by atoms with Gasteiger partial charge in [0.05, 0.1) is 18.2 Å². The number of rotatable bonds is 7. The second-order valence-electron chi connectivity index (χ2n) is 7.30. The highest BCUT2D eigenvalue weighted by Crippen LogP contribution is 2.34. The van der Waals surface area contributed by atoms with Crippen molar-refractivity contribution in [2.75, 3.05) is 13.7 Å². The molecule has 0 saturated heterocycles. The number of nitrogens with zero attached hydrogens (tertiary/aromatic N) is 1. The average molecular weight is 386 g/mol. The number of carbonyl (C=O) groups excluding carboxylic acids is 3. The zero-order chi connectivity index (χ0) is 20.3. The van der Waals surface area contributed by atoms with Gasteiger partial charge >= 0.3 is 5.97 Å². The number of esters is 1. The Kier molecular flexibility index (Phi) is 6.02. The van der Waals surface area contributed by atoms with Crippen molar-refractivity contribution >= 4 is 23.2 Å². The molecule has 1 saturated carbocycles. The number of Topliss-reactive ketones (excluding diaryl/α,β-unsaturated/α-hetero) is 1. The molecule has 2 aromatic rings. The summed E-state index contributed by atoms with van der Waals surface area (Å²) in [7, 11) is 1.28. The van der Waals surface area contributed by atoms with Crippen molar-refractivity contribution in [1.29, 1.82) is 0 Å². The van der Waals surface area contributed by atoms with Crippen molar-refractivity contribution in [3.05, 3.63) is 35.2 Å². The molecule has 1 amide bonds. The fraction of sp³-hybridized carbons (Fsp3) is 0.476. The van der Waals surface area contributed by atoms with E-state index in [1.165, 1.54) is 26.4 Å². The largest absolute Gasteiger partial charge is 0.480 e. The van der Waals surface area contributed by atoms with E-state index in [9.17, 15) is 14.4 Å². The number of aromatic nitrogens is 1. The third-order valence-corrected chi connectivity index (χ3v) is 5.52. The van der Waals surface area contributed by atoms with Gasteiger partial charge in [-0.1, -0.05) is 32.1 Å². The smallest absolute Gasteiger partial charge is 0.343 e. The highest BCUT2D eigenvalue weighted by Gasteiger charge is 2.28. The zero-order valence-corrected chi connectivity index (χ0v) is 16.3. The molecule has 0 spiro atoms. The van der Waals surface area contributed by atoms with E-state index < -0.39 is 17.7 Å². The summed E-state index contributed by atoms with van der Waals surface area (Å²) in [5, 5.41) is 0. The number of hydrogen-bond donors (Lipinski definition) is 1. The number of amides is 1. The number of pyridine rings is 1. The lowest BCUT2D eigenvalue weighted by atomic mass is 9.85. The standard InChI is InChI=1S/C21H26N2O5/c1-13-15(11-14-7-4-3-5-8-14)23-10-6-9-16(28-12-17(24)27-2)19(23)18(13)20(25)21(22)26/h6,9-10,14H,3-5,7-8,11-12H2,1-2H3,(H2,22,26). The minimum Gasteiger partial charge on any atom is -0.480 e. The van der Waals surface area contributed by atoms with Crippen LogP contribution in [0.15, 0.2) is 18.3 Å². The maximum atomic E-state index is 12.6. The summed E-state index contributed by atoms with van der Waals surface area (Å²) in [6.07, 6.45) is 8.68. The van der Waals surface area contributed by atoms with Crippen molar-refractivity contribution in [3.8, 4) is 5.75 Å². The van der Waals surface area contributed by atoms with Gasteiger partial charge < -0.3 is 19.6 Å². The predicted molar refractivity (Wildman–Crippen MR) is 103 cm³/mol. The first-order chi connectivity index (χ1) is 13.4. The molecule has 0 radical (unpaired) electrons. The number of hydrogen-bond acceptors (Lipinski definition) is 5. The van der Waals surface area contributed by atoms with Gasteiger partial charge in [-0.05, 0) is 37.0 Å². The zero-order valence-electron chi connectivity index (χ0n) is 16.3. The highest BCUT2D eigenvalue weighted by molar-refractivity contribution is 6.44. The Morgan fingerprint density at radius 1 is 1.21 bits per heavy atom. The van der Waals surface area contributed by atoms with Gasteiger partial charge in [-0.3, -0.25) is 9.59 Å². The van der Waals surface area contributed by atoms with Crippen LogP contribution >= 0.6 is 0 Å². The van der Waals surface area contributed by atoms with Gasteiger partial charge in [0.25, 0.3) is 11.7 Å². The normalized spacial score (nSPS) is 14.8. The van der Waals surface area contributed by atoms with Crippen LogP contribution in [0.4, 0.5) is 0 Å². The Bertz CT molecular complexity index is 909. The summed E-state index contributed by atoms with van der Waals surface area (Å²) in [6, 6.07) is 3.46. The second kappa shape index (κ2) is 8.46. The number of nitrogens with two attached hydrogens (primary N) is 1. The summed E-state index contributed by atoms with van der Waals surface area (Å²) < 4.78 is 12.1. The molecular formula is C21H26N2O5. The summed E-state index contributed by atoms with van der Waals surface area (Å²) in [5.41, 5.74) is 7.74. The van der Waals surface area contributed by atoms with E-state index in [0.29, 0.717) is 17.2 Å². The number of methoxy groups -OCH3 is 1. The molecule has 2 heterocycles. The van der Waals surface area contributed by atoms with Gasteiger partial charge in [0.1, 0.15) is 5.75 Å². The van der Waals surface area contributed by atoms with Crippen LogP contribution in [-0.4, -0.2) is 35.8 Å². The molecule has 0 aromatic carbocycles. The van der Waals surface area contributed by atoms with Crippen LogP contribution in [0.5, 0.6) is 5.75 Å². The Balaban J connectivity index is 2.10. The first kappa shape index (κ1) is 19.9. The van der Waals surface area contributed by atoms with E-state index in [-0.39, 0.29) is 12.2 Å². The number of ether oxygens (including phenoxy) is 2. The van der Waals surface area contributed by atoms with E-state index in [1.807, 2.05) is 17.5 Å². The van der Waals surface area contributed by atoms with Crippen molar-refractivity contribution in [2.45, 2.75) is 45.4 Å². The molecule has 1 aliphatic rings. The van der Waals surface area contributed by atoms with Crippen molar-refractivity contribution in [3.63, 3.8) is 0 Å². The molecule has 7 nitrogen and oxygen atoms in total. The first-order valence-electron chi connectivity index (χ1n) is 9.60. The highest BCUT2D eigenvalue weighted by atomic mass is 16.6. The summed E-state index contributed by atoms with van der Waals surface area (Å²) in [6.45, 7) is 1.55. The van der Waals surface area contributed by atoms with Gasteiger partial charge in [0, 0.05) is 11.9 Å². The molecule has 0 aliphatic heterocycles. The van der Waals surface area contributed by atoms with Gasteiger partial charge in [0.2, 0.25) is 0 Å². The molecule has 0 bridgehead atoms. The number of ketones is 1. The summed E-state index contributed by atoms with van der Waals surface area (Å²) in [4.78, 5) is 35.8. The third kappa shape index (κ3) is 3.88. The van der Waals surface area contributed by atoms with Gasteiger partial charge in [0.15, 0.2) is 6.61 Å². The summed E-state index contributed by atoms with van der Waals surface area (Å²) in [5.74, 6) is -1.41. The molecule has 1 fully saturated rings. The third-order valence-electron chi connectivity index (χ3n) is 5.52. The molecule has 3 rings (SSSR count). The van der Waals surface area contributed by atoms with Crippen LogP contribution in [0.2, 0.25) is 0 Å². The molecule has 2 N–H and O–H groups in total. The molecule has 2 aromatic heterocycles. The predicted octanol–water partition coefficient (Wildman–Crippen LogP) is 2.59. The quantitative estimate of drug-likeness (QED) is 0.448. The summed E-state index contributed by atoms with van der Waals surface area (Å²) >= 11 is 0. The number of primary amides is 1. The van der Waals surface area contributed by atoms with E-state index >= 15 is 0 Å². The van der Waals surface area contributed by atoms with E-state index in [4.69, 9.17) is 10.5 Å². The van der Waals surface area contributed by atoms with E-state index in [1.54, 1.807) is 12.1 Å². The molecule has 7 heteroatoms. The van der Waals surface area contributed by atoms with E-state index in [2.05, 4.69) is 4.74 Å². The fourth-order valence-electron chi connectivity index (χ4n) is 4.09. The fourth-order valence-corrected chi connectivity index (χ4v) is 4.09. The molecule has 1 aliphatic carbocycles. The van der Waals surface area contributed by atoms with Crippen LogP contribution < -0.4 is 10.5 Å². The number of carbonyl (C=O) groups is 3. The first-order valence-corrected chi connectivity index (χ1v) is 9.60. The lowest BCUT2D eigenvalue weighted by Gasteiger charge is -2.22. The van der Waals surface area contributed by atoms with E-state index in [0.717, 1.165) is 30.5 Å². The Morgan fingerprint density at radius 3 is 2.57 bits per heavy atom. The maximum absolute atomic E-state index is 12.6. The monoisotopic (exact) mass is 386 g/mol. The van der Waals surface area contributed by atoms with Gasteiger partial charge in [-0.15, -0.1) is 0 Å². The maximum Gasteiger partial charge on any atom is 0.343 e. The lowest BCUT2D eigenvalue weighted by molar-refractivity contribution is -0.142. The van der Waals surface area contributed by atoms with Crippen LogP contribution in [0.1, 0.15) is 53.7 Å². The average Bonchev–Trinajstić information content (AvgIpc) is 2.98. The minimum atomic E-state index is -1.01. The SMILES string of the molecule is COC(=O)COc1cccn2c(CC3CCCCC3)c(C)c(C(=O)C(N)=O)c12. The number of fused-ring (bicyclic) bond motifs is 1. The van der Waals surface area contributed by atoms with Crippen LogP contribution in [0, 0.1) is 12.8 Å². The van der Waals surface area contributed by atoms with Crippen LogP contribution in [0.3, 0.4) is 0 Å². The Morgan fingerprint density at radius 2 is 1.93 bits per heavy atom. The van der Waals surface area contributed by atoms with Gasteiger partial charge in [-0.25, -0.2) is 4.79 Å². The van der Waals surface area contributed by atoms with Crippen molar-refractivity contribution in [2.24, 2.45) is 11.7 Å². The molecule has 0 atom stereocenters. The molecule has 0 unspecified atom stereocenters. The van der Waals surface area contributed by atoms with Crippen LogP contribution in [0.25, 0.3) is 5.52 Å². The molecular weight excluding hydrogens is 360 g/mol. The molecule has 150 valence electrons. The Labute approximate surface area is 163 Å². The van der Waals surface area contributed by atoms with Gasteiger partial charge in [-0.2, -0.15) is 0 Å². The molecule has 28 heavy (non-hydrogen) atoms. The van der Waals surface area contributed by atoms with Crippen molar-refractivity contribution < 1.29 is 23.9 Å². The second-order valence-corrected chi connectivity index (χ2v) is 7.30. The van der Waals surface area contributed by atoms with Crippen molar-refractivity contribution in [1.82, 2.24) is 4.40 Å².